The van der Waals surface area contributed by atoms with E-state index >= 15 is 0 Å². The van der Waals surface area contributed by atoms with Gasteiger partial charge in [-0.2, -0.15) is 0 Å². The zero-order valence-corrected chi connectivity index (χ0v) is 10.2. The summed E-state index contributed by atoms with van der Waals surface area (Å²) in [7, 11) is 0. The van der Waals surface area contributed by atoms with Gasteiger partial charge in [-0.05, 0) is 24.1 Å². The van der Waals surface area contributed by atoms with E-state index in [9.17, 15) is 4.79 Å². The predicted molar refractivity (Wildman–Crippen MR) is 70.4 cm³/mol. The van der Waals surface area contributed by atoms with Crippen LogP contribution in [0.25, 0.3) is 0 Å². The van der Waals surface area contributed by atoms with Gasteiger partial charge in [0.15, 0.2) is 5.82 Å². The van der Waals surface area contributed by atoms with Gasteiger partial charge in [0.1, 0.15) is 5.75 Å². The normalized spacial score (nSPS) is 11.8. The maximum absolute atomic E-state index is 11.8. The van der Waals surface area contributed by atoms with Gasteiger partial charge in [0.2, 0.25) is 5.91 Å². The molecule has 0 aliphatic rings. The van der Waals surface area contributed by atoms with E-state index in [0.29, 0.717) is 12.2 Å². The molecule has 0 unspecified atom stereocenters. The van der Waals surface area contributed by atoms with Crippen LogP contribution in [0, 0.1) is 0 Å². The number of nitrogens with one attached hydrogen (secondary N) is 1. The fourth-order valence-electron chi connectivity index (χ4n) is 1.56. The average Bonchev–Trinajstić information content (AvgIpc) is 2.42. The monoisotopic (exact) mass is 258 g/mol. The maximum Gasteiger partial charge on any atom is 0.242 e. The van der Waals surface area contributed by atoms with Crippen LogP contribution >= 0.6 is 0 Å². The summed E-state index contributed by atoms with van der Waals surface area (Å²) in [6.07, 6.45) is 4.84. The minimum atomic E-state index is -0.688. The van der Waals surface area contributed by atoms with Crippen LogP contribution in [0.2, 0.25) is 0 Å². The van der Waals surface area contributed by atoms with Crippen molar-refractivity contribution in [2.75, 3.05) is 5.32 Å². The van der Waals surface area contributed by atoms with Crippen LogP contribution in [0.1, 0.15) is 5.56 Å². The Morgan fingerprint density at radius 3 is 2.68 bits per heavy atom. The van der Waals surface area contributed by atoms with Crippen molar-refractivity contribution in [3.8, 4) is 5.75 Å². The van der Waals surface area contributed by atoms with Crippen LogP contribution < -0.4 is 11.1 Å². The Morgan fingerprint density at radius 1 is 1.32 bits per heavy atom. The first-order chi connectivity index (χ1) is 9.15. The van der Waals surface area contributed by atoms with E-state index < -0.39 is 6.04 Å². The van der Waals surface area contributed by atoms with E-state index in [1.807, 2.05) is 0 Å². The number of nitrogens with two attached hydrogens (primary N) is 1. The highest BCUT2D eigenvalue weighted by atomic mass is 16.3. The Balaban J connectivity index is 1.94. The lowest BCUT2D eigenvalue weighted by Gasteiger charge is -2.11. The highest BCUT2D eigenvalue weighted by molar-refractivity contribution is 5.93. The molecule has 0 aliphatic carbocycles. The fraction of sp³-hybridized carbons (Fsp3) is 0.154. The third-order valence-corrected chi connectivity index (χ3v) is 2.54. The molecule has 4 N–H and O–H groups in total. The Labute approximate surface area is 110 Å². The van der Waals surface area contributed by atoms with Crippen molar-refractivity contribution in [3.05, 3.63) is 48.4 Å². The highest BCUT2D eigenvalue weighted by Crippen LogP contribution is 2.11. The summed E-state index contributed by atoms with van der Waals surface area (Å²) in [5.74, 6) is 0.226. The van der Waals surface area contributed by atoms with E-state index in [0.717, 1.165) is 5.56 Å². The molecule has 6 nitrogen and oxygen atoms in total. The summed E-state index contributed by atoms with van der Waals surface area (Å²) in [6, 6.07) is 5.88. The first-order valence-corrected chi connectivity index (χ1v) is 5.75. The van der Waals surface area contributed by atoms with Crippen LogP contribution in [-0.2, 0) is 11.2 Å². The predicted octanol–water partition coefficient (Wildman–Crippen LogP) is 0.691. The van der Waals surface area contributed by atoms with E-state index in [2.05, 4.69) is 15.3 Å². The third kappa shape index (κ3) is 3.75. The molecule has 0 bridgehead atoms. The molecule has 19 heavy (non-hydrogen) atoms. The molecule has 1 aromatic carbocycles. The SMILES string of the molecule is N[C@H](Cc1ccc(O)cc1)C(=O)Nc1cnccn1. The molecule has 0 saturated carbocycles. The first-order valence-electron chi connectivity index (χ1n) is 5.75. The fourth-order valence-corrected chi connectivity index (χ4v) is 1.56. The highest BCUT2D eigenvalue weighted by Gasteiger charge is 2.14. The van der Waals surface area contributed by atoms with Crippen molar-refractivity contribution in [2.45, 2.75) is 12.5 Å². The maximum atomic E-state index is 11.8. The van der Waals surface area contributed by atoms with Crippen molar-refractivity contribution >= 4 is 11.7 Å². The third-order valence-electron chi connectivity index (χ3n) is 2.54. The molecule has 0 aliphatic heterocycles. The van der Waals surface area contributed by atoms with Crippen LogP contribution in [0.15, 0.2) is 42.9 Å². The van der Waals surface area contributed by atoms with Crippen molar-refractivity contribution in [1.82, 2.24) is 9.97 Å². The summed E-state index contributed by atoms with van der Waals surface area (Å²) in [4.78, 5) is 19.6. The zero-order chi connectivity index (χ0) is 13.7. The standard InChI is InChI=1S/C13H14N4O2/c14-11(7-9-1-3-10(18)4-2-9)13(19)17-12-8-15-5-6-16-12/h1-6,8,11,18H,7,14H2,(H,16,17,19)/t11-/m1/s1. The molecular formula is C13H14N4O2. The number of hydrogen-bond donors (Lipinski definition) is 3. The topological polar surface area (TPSA) is 101 Å². The van der Waals surface area contributed by atoms with Crippen LogP contribution in [0.3, 0.4) is 0 Å². The number of anilines is 1. The molecule has 0 saturated heterocycles. The molecule has 6 heteroatoms. The largest absolute Gasteiger partial charge is 0.508 e. The summed E-state index contributed by atoms with van der Waals surface area (Å²) < 4.78 is 0. The number of amides is 1. The number of phenols is 1. The van der Waals surface area contributed by atoms with E-state index in [1.54, 1.807) is 24.3 Å². The molecule has 2 aromatic rings. The van der Waals surface area contributed by atoms with Crippen LogP contribution in [0.5, 0.6) is 5.75 Å². The van der Waals surface area contributed by atoms with Gasteiger partial charge in [-0.1, -0.05) is 12.1 Å². The van der Waals surface area contributed by atoms with Crippen molar-refractivity contribution in [2.24, 2.45) is 5.73 Å². The molecule has 2 rings (SSSR count). The quantitative estimate of drug-likeness (QED) is 0.749. The number of benzene rings is 1. The molecule has 1 aromatic heterocycles. The Bertz CT molecular complexity index is 542. The molecule has 0 fully saturated rings. The molecule has 1 heterocycles. The second-order valence-corrected chi connectivity index (χ2v) is 4.06. The number of nitrogens with zero attached hydrogens (tertiary/aromatic N) is 2. The lowest BCUT2D eigenvalue weighted by Crippen LogP contribution is -2.37. The number of hydrogen-bond acceptors (Lipinski definition) is 5. The molecule has 1 atom stereocenters. The molecule has 1 amide bonds. The number of phenolic OH excluding ortho intramolecular Hbond substituents is 1. The molecular weight excluding hydrogens is 244 g/mol. The van der Waals surface area contributed by atoms with Gasteiger partial charge >= 0.3 is 0 Å². The Kier molecular flexibility index (Phi) is 4.04. The zero-order valence-electron chi connectivity index (χ0n) is 10.2. The number of aromatic hydroxyl groups is 1. The van der Waals surface area contributed by atoms with Crippen LogP contribution in [-0.4, -0.2) is 27.0 Å². The molecule has 0 spiro atoms. The Morgan fingerprint density at radius 2 is 2.05 bits per heavy atom. The van der Waals surface area contributed by atoms with Gasteiger partial charge in [-0.15, -0.1) is 0 Å². The van der Waals surface area contributed by atoms with Gasteiger partial charge in [0.25, 0.3) is 0 Å². The summed E-state index contributed by atoms with van der Waals surface area (Å²) in [6.45, 7) is 0. The first kappa shape index (κ1) is 13.0. The van der Waals surface area contributed by atoms with Gasteiger partial charge in [-0.3, -0.25) is 9.78 Å². The number of carbonyl (C=O) groups excluding carboxylic acids is 1. The van der Waals surface area contributed by atoms with Gasteiger partial charge in [0.05, 0.1) is 12.2 Å². The summed E-state index contributed by atoms with van der Waals surface area (Å²) >= 11 is 0. The molecule has 98 valence electrons. The second-order valence-electron chi connectivity index (χ2n) is 4.06. The summed E-state index contributed by atoms with van der Waals surface area (Å²) in [5.41, 5.74) is 6.69. The van der Waals surface area contributed by atoms with Gasteiger partial charge in [0, 0.05) is 12.4 Å². The van der Waals surface area contributed by atoms with Crippen molar-refractivity contribution < 1.29 is 9.90 Å². The van der Waals surface area contributed by atoms with Gasteiger partial charge in [-0.25, -0.2) is 4.98 Å². The number of rotatable bonds is 4. The van der Waals surface area contributed by atoms with E-state index in [1.165, 1.54) is 18.6 Å². The second kappa shape index (κ2) is 5.92. The average molecular weight is 258 g/mol. The summed E-state index contributed by atoms with van der Waals surface area (Å²) in [5, 5.41) is 11.8. The lowest BCUT2D eigenvalue weighted by atomic mass is 10.1. The van der Waals surface area contributed by atoms with Crippen molar-refractivity contribution in [1.29, 1.82) is 0 Å². The van der Waals surface area contributed by atoms with E-state index in [4.69, 9.17) is 10.8 Å². The van der Waals surface area contributed by atoms with Gasteiger partial charge < -0.3 is 16.2 Å². The van der Waals surface area contributed by atoms with Crippen molar-refractivity contribution in [3.63, 3.8) is 0 Å². The minimum absolute atomic E-state index is 0.182. The lowest BCUT2D eigenvalue weighted by molar-refractivity contribution is -0.117. The molecule has 0 radical (unpaired) electrons. The Hall–Kier alpha value is -2.47. The van der Waals surface area contributed by atoms with Crippen LogP contribution in [0.4, 0.5) is 5.82 Å². The number of aromatic nitrogens is 2. The number of carbonyl (C=O) groups is 1. The van der Waals surface area contributed by atoms with E-state index in [-0.39, 0.29) is 11.7 Å². The minimum Gasteiger partial charge on any atom is -0.508 e. The smallest absolute Gasteiger partial charge is 0.242 e.